The summed E-state index contributed by atoms with van der Waals surface area (Å²) in [7, 11) is 0. The van der Waals surface area contributed by atoms with Gasteiger partial charge in [-0.2, -0.15) is 4.68 Å². The van der Waals surface area contributed by atoms with Gasteiger partial charge in [0.15, 0.2) is 0 Å². The summed E-state index contributed by atoms with van der Waals surface area (Å²) in [6, 6.07) is 7.58. The maximum Gasteiger partial charge on any atom is 0.252 e. The third kappa shape index (κ3) is 1.64. The van der Waals surface area contributed by atoms with Crippen LogP contribution in [0.15, 0.2) is 36.7 Å². The molecule has 0 radical (unpaired) electrons. The number of fused-ring (bicyclic) bond motifs is 1. The van der Waals surface area contributed by atoms with E-state index in [4.69, 9.17) is 5.11 Å². The maximum atomic E-state index is 8.92. The van der Waals surface area contributed by atoms with Crippen LogP contribution in [0.4, 0.5) is 0 Å². The van der Waals surface area contributed by atoms with Crippen molar-refractivity contribution >= 4 is 11.0 Å². The smallest absolute Gasteiger partial charge is 0.252 e. The molecule has 3 rings (SSSR count). The Bertz CT molecular complexity index is 646. The molecule has 6 heteroatoms. The Morgan fingerprint density at radius 3 is 2.65 bits per heavy atom. The molecule has 3 aromatic rings. The fraction of sp³-hybridized carbons (Fsp3) is 0.0909. The zero-order chi connectivity index (χ0) is 11.7. The fourth-order valence-corrected chi connectivity index (χ4v) is 1.56. The van der Waals surface area contributed by atoms with E-state index in [0.717, 1.165) is 11.0 Å². The predicted molar refractivity (Wildman–Crippen MR) is 60.4 cm³/mol. The van der Waals surface area contributed by atoms with Gasteiger partial charge in [0, 0.05) is 18.0 Å². The number of para-hydroxylation sites is 1. The average molecular weight is 227 g/mol. The van der Waals surface area contributed by atoms with Crippen molar-refractivity contribution in [1.82, 2.24) is 25.0 Å². The van der Waals surface area contributed by atoms with Crippen LogP contribution in [0.3, 0.4) is 0 Å². The van der Waals surface area contributed by atoms with Crippen molar-refractivity contribution in [1.29, 1.82) is 0 Å². The van der Waals surface area contributed by atoms with E-state index in [1.807, 2.05) is 24.3 Å². The minimum atomic E-state index is -0.0710. The van der Waals surface area contributed by atoms with E-state index in [1.54, 1.807) is 17.1 Å². The quantitative estimate of drug-likeness (QED) is 0.697. The molecular weight excluding hydrogens is 218 g/mol. The highest BCUT2D eigenvalue weighted by molar-refractivity contribution is 5.75. The van der Waals surface area contributed by atoms with Crippen molar-refractivity contribution in [3.63, 3.8) is 0 Å². The first-order valence-electron chi connectivity index (χ1n) is 5.11. The van der Waals surface area contributed by atoms with E-state index >= 15 is 0 Å². The number of hydrogen-bond donors (Lipinski definition) is 1. The highest BCUT2D eigenvalue weighted by Crippen LogP contribution is 2.12. The Balaban J connectivity index is 2.13. The van der Waals surface area contributed by atoms with Crippen molar-refractivity contribution in [2.45, 2.75) is 6.61 Å². The van der Waals surface area contributed by atoms with Crippen LogP contribution in [0.1, 0.15) is 5.56 Å². The van der Waals surface area contributed by atoms with Crippen LogP contribution in [-0.4, -0.2) is 30.1 Å². The van der Waals surface area contributed by atoms with E-state index in [2.05, 4.69) is 20.3 Å². The van der Waals surface area contributed by atoms with Gasteiger partial charge < -0.3 is 5.11 Å². The van der Waals surface area contributed by atoms with Gasteiger partial charge in [-0.05, 0) is 12.1 Å². The zero-order valence-corrected chi connectivity index (χ0v) is 8.85. The normalized spacial score (nSPS) is 10.9. The molecule has 0 atom stereocenters. The lowest BCUT2D eigenvalue weighted by atomic mass is 10.3. The third-order valence-corrected chi connectivity index (χ3v) is 2.42. The summed E-state index contributed by atoms with van der Waals surface area (Å²) in [5, 5.41) is 16.9. The SMILES string of the molecule is OCc1cnc(-n2nnc3ccccc32)nc1. The average Bonchev–Trinajstić information content (AvgIpc) is 2.83. The monoisotopic (exact) mass is 227 g/mol. The molecule has 1 aromatic carbocycles. The first-order valence-corrected chi connectivity index (χ1v) is 5.11. The molecule has 84 valence electrons. The fourth-order valence-electron chi connectivity index (χ4n) is 1.56. The number of aliphatic hydroxyl groups excluding tert-OH is 1. The van der Waals surface area contributed by atoms with Crippen LogP contribution < -0.4 is 0 Å². The van der Waals surface area contributed by atoms with Crippen molar-refractivity contribution in [2.24, 2.45) is 0 Å². The molecular formula is C11H9N5O. The van der Waals surface area contributed by atoms with Crippen LogP contribution in [0.25, 0.3) is 17.0 Å². The first kappa shape index (κ1) is 9.86. The first-order chi connectivity index (χ1) is 8.38. The third-order valence-electron chi connectivity index (χ3n) is 2.42. The van der Waals surface area contributed by atoms with Gasteiger partial charge in [0.1, 0.15) is 5.52 Å². The van der Waals surface area contributed by atoms with Crippen LogP contribution in [0.2, 0.25) is 0 Å². The van der Waals surface area contributed by atoms with Crippen molar-refractivity contribution in [2.75, 3.05) is 0 Å². The van der Waals surface area contributed by atoms with Crippen LogP contribution in [0, 0.1) is 0 Å². The molecule has 0 fully saturated rings. The minimum absolute atomic E-state index is 0.0710. The lowest BCUT2D eigenvalue weighted by molar-refractivity contribution is 0.281. The largest absolute Gasteiger partial charge is 0.392 e. The van der Waals surface area contributed by atoms with Gasteiger partial charge in [0.25, 0.3) is 5.95 Å². The summed E-state index contributed by atoms with van der Waals surface area (Å²) in [6.07, 6.45) is 3.14. The molecule has 6 nitrogen and oxygen atoms in total. The van der Waals surface area contributed by atoms with Gasteiger partial charge in [-0.3, -0.25) is 0 Å². The molecule has 17 heavy (non-hydrogen) atoms. The van der Waals surface area contributed by atoms with Crippen molar-refractivity contribution in [3.8, 4) is 5.95 Å². The van der Waals surface area contributed by atoms with Gasteiger partial charge in [-0.1, -0.05) is 17.3 Å². The molecule has 0 aliphatic rings. The summed E-state index contributed by atoms with van der Waals surface area (Å²) in [4.78, 5) is 8.26. The molecule has 0 unspecified atom stereocenters. The Morgan fingerprint density at radius 1 is 1.12 bits per heavy atom. The molecule has 2 aromatic heterocycles. The maximum absolute atomic E-state index is 8.92. The molecule has 0 aliphatic heterocycles. The lowest BCUT2D eigenvalue weighted by Crippen LogP contribution is -2.03. The Kier molecular flexibility index (Phi) is 2.27. The molecule has 0 saturated carbocycles. The molecule has 0 aliphatic carbocycles. The van der Waals surface area contributed by atoms with Gasteiger partial charge in [-0.25, -0.2) is 9.97 Å². The van der Waals surface area contributed by atoms with Gasteiger partial charge in [0.05, 0.1) is 12.1 Å². The van der Waals surface area contributed by atoms with Crippen LogP contribution in [0.5, 0.6) is 0 Å². The summed E-state index contributed by atoms with van der Waals surface area (Å²) in [6.45, 7) is -0.0710. The summed E-state index contributed by atoms with van der Waals surface area (Å²) < 4.78 is 1.57. The number of aromatic nitrogens is 5. The summed E-state index contributed by atoms with van der Waals surface area (Å²) in [5.74, 6) is 0.441. The van der Waals surface area contributed by atoms with E-state index in [9.17, 15) is 0 Å². The second-order valence-electron chi connectivity index (χ2n) is 3.54. The standard InChI is InChI=1S/C11H9N5O/c17-7-8-5-12-11(13-6-8)16-10-4-2-1-3-9(10)14-15-16/h1-6,17H,7H2. The van der Waals surface area contributed by atoms with Crippen LogP contribution >= 0.6 is 0 Å². The van der Waals surface area contributed by atoms with E-state index in [0.29, 0.717) is 11.5 Å². The molecule has 1 N–H and O–H groups in total. The molecule has 0 bridgehead atoms. The van der Waals surface area contributed by atoms with Crippen LogP contribution in [-0.2, 0) is 6.61 Å². The number of benzene rings is 1. The molecule has 0 spiro atoms. The van der Waals surface area contributed by atoms with E-state index in [-0.39, 0.29) is 6.61 Å². The Labute approximate surface area is 96.6 Å². The van der Waals surface area contributed by atoms with Gasteiger partial charge in [-0.15, -0.1) is 5.10 Å². The minimum Gasteiger partial charge on any atom is -0.392 e. The molecule has 2 heterocycles. The lowest BCUT2D eigenvalue weighted by Gasteiger charge is -2.00. The van der Waals surface area contributed by atoms with Gasteiger partial charge in [0.2, 0.25) is 0 Å². The molecule has 0 amide bonds. The second kappa shape index (κ2) is 3.91. The zero-order valence-electron chi connectivity index (χ0n) is 8.85. The Hall–Kier alpha value is -2.34. The number of rotatable bonds is 2. The number of aliphatic hydroxyl groups is 1. The Morgan fingerprint density at radius 2 is 1.88 bits per heavy atom. The van der Waals surface area contributed by atoms with Crippen molar-refractivity contribution < 1.29 is 5.11 Å². The predicted octanol–water partition coefficient (Wildman–Crippen LogP) is 0.703. The van der Waals surface area contributed by atoms with E-state index in [1.165, 1.54) is 0 Å². The highest BCUT2D eigenvalue weighted by Gasteiger charge is 2.07. The number of hydrogen-bond acceptors (Lipinski definition) is 5. The topological polar surface area (TPSA) is 76.7 Å². The number of nitrogens with zero attached hydrogens (tertiary/aromatic N) is 5. The summed E-state index contributed by atoms with van der Waals surface area (Å²) >= 11 is 0. The molecule has 0 saturated heterocycles. The van der Waals surface area contributed by atoms with Crippen molar-refractivity contribution in [3.05, 3.63) is 42.2 Å². The van der Waals surface area contributed by atoms with Gasteiger partial charge >= 0.3 is 0 Å². The van der Waals surface area contributed by atoms with E-state index < -0.39 is 0 Å². The summed E-state index contributed by atoms with van der Waals surface area (Å²) in [5.41, 5.74) is 2.31. The highest BCUT2D eigenvalue weighted by atomic mass is 16.3. The second-order valence-corrected chi connectivity index (χ2v) is 3.54.